The number of hydrogen-bond acceptors (Lipinski definition) is 7. The fraction of sp³-hybridized carbons (Fsp3) is 0.0400. The molecule has 0 radical (unpaired) electrons. The lowest BCUT2D eigenvalue weighted by Crippen LogP contribution is -2.33. The summed E-state index contributed by atoms with van der Waals surface area (Å²) in [5.74, 6) is -0.430. The van der Waals surface area contributed by atoms with Crippen LogP contribution in [0.3, 0.4) is 0 Å². The molecule has 11 heteroatoms. The average Bonchev–Trinajstić information content (AvgIpc) is 3.52. The second-order valence-electron chi connectivity index (χ2n) is 7.87. The number of nitrogens with one attached hydrogen (secondary N) is 2. The van der Waals surface area contributed by atoms with Crippen LogP contribution in [0.2, 0.25) is 0 Å². The normalized spacial score (nSPS) is 10.8. The largest absolute Gasteiger partial charge is 0.451 e. The number of thiocarbonyl (C=S) groups is 1. The summed E-state index contributed by atoms with van der Waals surface area (Å²) in [7, 11) is 0. The molecule has 0 saturated carbocycles. The Morgan fingerprint density at radius 2 is 1.75 bits per heavy atom. The van der Waals surface area contributed by atoms with Crippen LogP contribution in [0.1, 0.15) is 16.1 Å². The average molecular weight is 499 g/mol. The van der Waals surface area contributed by atoms with E-state index in [9.17, 15) is 14.9 Å². The first-order chi connectivity index (χ1) is 17.4. The quantitative estimate of drug-likeness (QED) is 0.196. The highest BCUT2D eigenvalue weighted by Crippen LogP contribution is 2.30. The van der Waals surface area contributed by atoms with Crippen LogP contribution in [0.4, 0.5) is 11.4 Å². The summed E-state index contributed by atoms with van der Waals surface area (Å²) in [5, 5.41) is 25.8. The van der Waals surface area contributed by atoms with E-state index in [1.807, 2.05) is 31.2 Å². The smallest absolute Gasteiger partial charge is 0.293 e. The number of rotatable bonds is 5. The molecule has 0 saturated heterocycles. The molecule has 2 heterocycles. The van der Waals surface area contributed by atoms with E-state index in [0.717, 1.165) is 11.3 Å². The molecule has 0 unspecified atom stereocenters. The highest BCUT2D eigenvalue weighted by Gasteiger charge is 2.20. The van der Waals surface area contributed by atoms with Crippen molar-refractivity contribution < 1.29 is 14.1 Å². The van der Waals surface area contributed by atoms with Crippen LogP contribution in [0.25, 0.3) is 28.0 Å². The second-order valence-corrected chi connectivity index (χ2v) is 8.28. The Morgan fingerprint density at radius 3 is 2.53 bits per heavy atom. The highest BCUT2D eigenvalue weighted by atomic mass is 32.1. The third-order valence-electron chi connectivity index (χ3n) is 5.33. The molecule has 0 aliphatic rings. The number of nitro groups is 1. The lowest BCUT2D eigenvalue weighted by atomic mass is 10.1. The first-order valence-corrected chi connectivity index (χ1v) is 11.2. The third kappa shape index (κ3) is 4.68. The standard InChI is InChI=1S/C25H18N6O4S/c1-15-6-9-17(10-7-15)30-28-19-11-8-16(14-20(19)29-30)26-25(36)27-24(32)23-13-12-22(35-23)18-4-2-3-5-21(18)31(33)34/h2-14H,1H3,(H2,26,27,32,36). The molecule has 36 heavy (non-hydrogen) atoms. The molecule has 178 valence electrons. The summed E-state index contributed by atoms with van der Waals surface area (Å²) in [6.07, 6.45) is 0. The number of fused-ring (bicyclic) bond motifs is 1. The van der Waals surface area contributed by atoms with Crippen molar-refractivity contribution in [3.63, 3.8) is 0 Å². The van der Waals surface area contributed by atoms with E-state index in [4.69, 9.17) is 16.6 Å². The van der Waals surface area contributed by atoms with E-state index in [0.29, 0.717) is 16.7 Å². The van der Waals surface area contributed by atoms with Gasteiger partial charge in [-0.1, -0.05) is 29.8 Å². The van der Waals surface area contributed by atoms with Gasteiger partial charge in [0.2, 0.25) is 0 Å². The van der Waals surface area contributed by atoms with Gasteiger partial charge in [0.15, 0.2) is 10.9 Å². The highest BCUT2D eigenvalue weighted by molar-refractivity contribution is 7.80. The minimum Gasteiger partial charge on any atom is -0.451 e. The number of anilines is 1. The Labute approximate surface area is 209 Å². The van der Waals surface area contributed by atoms with Crippen LogP contribution >= 0.6 is 12.2 Å². The Hall–Kier alpha value is -4.90. The van der Waals surface area contributed by atoms with Crippen molar-refractivity contribution in [3.05, 3.63) is 100 Å². The van der Waals surface area contributed by atoms with Crippen LogP contribution in [0, 0.1) is 17.0 Å². The maximum absolute atomic E-state index is 12.6. The van der Waals surface area contributed by atoms with E-state index in [1.165, 1.54) is 18.2 Å². The zero-order valence-corrected chi connectivity index (χ0v) is 19.7. The maximum Gasteiger partial charge on any atom is 0.293 e. The zero-order valence-electron chi connectivity index (χ0n) is 18.8. The predicted molar refractivity (Wildman–Crippen MR) is 138 cm³/mol. The van der Waals surface area contributed by atoms with Crippen LogP contribution in [-0.2, 0) is 0 Å². The van der Waals surface area contributed by atoms with Crippen molar-refractivity contribution >= 4 is 45.6 Å². The summed E-state index contributed by atoms with van der Waals surface area (Å²) in [6, 6.07) is 22.2. The molecular formula is C25H18N6O4S. The number of furan rings is 1. The monoisotopic (exact) mass is 498 g/mol. The Bertz CT molecular complexity index is 1620. The molecule has 0 fully saturated rings. The number of carbonyl (C=O) groups excluding carboxylic acids is 1. The van der Waals surface area contributed by atoms with Gasteiger partial charge < -0.3 is 9.73 Å². The predicted octanol–water partition coefficient (Wildman–Crippen LogP) is 5.02. The van der Waals surface area contributed by atoms with E-state index >= 15 is 0 Å². The van der Waals surface area contributed by atoms with Crippen LogP contribution in [0.5, 0.6) is 0 Å². The van der Waals surface area contributed by atoms with Gasteiger partial charge in [0.1, 0.15) is 16.8 Å². The van der Waals surface area contributed by atoms with Crippen molar-refractivity contribution in [1.29, 1.82) is 0 Å². The van der Waals surface area contributed by atoms with Crippen molar-refractivity contribution in [2.24, 2.45) is 0 Å². The van der Waals surface area contributed by atoms with Crippen molar-refractivity contribution in [2.45, 2.75) is 6.92 Å². The SMILES string of the molecule is Cc1ccc(-n2nc3ccc(NC(=S)NC(=O)c4ccc(-c5ccccc5[N+](=O)[O-])o4)cc3n2)cc1. The third-order valence-corrected chi connectivity index (χ3v) is 5.53. The van der Waals surface area contributed by atoms with Gasteiger partial charge in [-0.05, 0) is 67.7 Å². The molecule has 5 rings (SSSR count). The molecule has 0 aliphatic carbocycles. The number of aryl methyl sites for hydroxylation is 1. The number of para-hydroxylation sites is 1. The van der Waals surface area contributed by atoms with Crippen molar-refractivity contribution in [3.8, 4) is 17.0 Å². The van der Waals surface area contributed by atoms with Gasteiger partial charge in [0, 0.05) is 11.8 Å². The van der Waals surface area contributed by atoms with Gasteiger partial charge in [-0.15, -0.1) is 10.2 Å². The van der Waals surface area contributed by atoms with Crippen LogP contribution in [0.15, 0.2) is 83.3 Å². The first-order valence-electron chi connectivity index (χ1n) is 10.8. The van der Waals surface area contributed by atoms with Crippen molar-refractivity contribution in [2.75, 3.05) is 5.32 Å². The lowest BCUT2D eigenvalue weighted by Gasteiger charge is -2.08. The summed E-state index contributed by atoms with van der Waals surface area (Å²) in [6.45, 7) is 2.01. The van der Waals surface area contributed by atoms with Gasteiger partial charge in [0.05, 0.1) is 16.2 Å². The summed E-state index contributed by atoms with van der Waals surface area (Å²) in [5.41, 5.74) is 4.10. The molecule has 2 aromatic heterocycles. The fourth-order valence-electron chi connectivity index (χ4n) is 3.56. The number of benzene rings is 3. The van der Waals surface area contributed by atoms with Gasteiger partial charge in [-0.3, -0.25) is 20.2 Å². The molecule has 0 spiro atoms. The molecule has 10 nitrogen and oxygen atoms in total. The van der Waals surface area contributed by atoms with Gasteiger partial charge in [0.25, 0.3) is 11.6 Å². The topological polar surface area (TPSA) is 128 Å². The number of nitrogens with zero attached hydrogens (tertiary/aromatic N) is 4. The fourth-order valence-corrected chi connectivity index (χ4v) is 3.77. The van der Waals surface area contributed by atoms with Gasteiger partial charge in [-0.2, -0.15) is 4.80 Å². The number of hydrogen-bond donors (Lipinski definition) is 2. The maximum atomic E-state index is 12.6. The minimum atomic E-state index is -0.594. The van der Waals surface area contributed by atoms with E-state index in [1.54, 1.807) is 41.2 Å². The number of aromatic nitrogens is 3. The number of carbonyl (C=O) groups is 1. The molecule has 2 N–H and O–H groups in total. The molecular weight excluding hydrogens is 480 g/mol. The summed E-state index contributed by atoms with van der Waals surface area (Å²) in [4.78, 5) is 24.9. The molecule has 0 bridgehead atoms. The van der Waals surface area contributed by atoms with Gasteiger partial charge >= 0.3 is 0 Å². The van der Waals surface area contributed by atoms with Crippen LogP contribution < -0.4 is 10.6 Å². The Morgan fingerprint density at radius 1 is 1.00 bits per heavy atom. The molecule has 0 atom stereocenters. The Balaban J connectivity index is 1.27. The lowest BCUT2D eigenvalue weighted by molar-refractivity contribution is -0.384. The Kier molecular flexibility index (Phi) is 5.97. The summed E-state index contributed by atoms with van der Waals surface area (Å²) < 4.78 is 5.56. The van der Waals surface area contributed by atoms with E-state index in [-0.39, 0.29) is 27.9 Å². The molecule has 0 aliphatic heterocycles. The number of amides is 1. The van der Waals surface area contributed by atoms with Crippen molar-refractivity contribution in [1.82, 2.24) is 20.3 Å². The molecule has 5 aromatic rings. The van der Waals surface area contributed by atoms with E-state index < -0.39 is 10.8 Å². The summed E-state index contributed by atoms with van der Waals surface area (Å²) >= 11 is 5.27. The van der Waals surface area contributed by atoms with E-state index in [2.05, 4.69) is 20.8 Å². The first kappa shape index (κ1) is 22.9. The molecule has 3 aromatic carbocycles. The number of nitro benzene ring substituents is 1. The zero-order chi connectivity index (χ0) is 25.2. The van der Waals surface area contributed by atoms with Gasteiger partial charge in [-0.25, -0.2) is 0 Å². The second kappa shape index (κ2) is 9.39. The minimum absolute atomic E-state index is 0.0382. The molecule has 1 amide bonds. The van der Waals surface area contributed by atoms with Crippen LogP contribution in [-0.4, -0.2) is 30.9 Å².